The summed E-state index contributed by atoms with van der Waals surface area (Å²) in [5.41, 5.74) is 0.0143. The topological polar surface area (TPSA) is 98.5 Å². The molecule has 2 rings (SSSR count). The number of esters is 1. The van der Waals surface area contributed by atoms with Gasteiger partial charge in [0, 0.05) is 16.6 Å². The predicted molar refractivity (Wildman–Crippen MR) is 94.8 cm³/mol. The lowest BCUT2D eigenvalue weighted by molar-refractivity contribution is -0.385. The normalized spacial score (nSPS) is 11.4. The summed E-state index contributed by atoms with van der Waals surface area (Å²) in [7, 11) is 0. The Bertz CT molecular complexity index is 795. The summed E-state index contributed by atoms with van der Waals surface area (Å²) < 4.78 is 5.10. The predicted octanol–water partition coefficient (Wildman–Crippen LogP) is 3.50. The third-order valence-corrected chi connectivity index (χ3v) is 4.04. The van der Waals surface area contributed by atoms with Crippen LogP contribution in [-0.2, 0) is 9.53 Å². The highest BCUT2D eigenvalue weighted by Gasteiger charge is 2.25. The van der Waals surface area contributed by atoms with Gasteiger partial charge in [-0.25, -0.2) is 4.79 Å². The van der Waals surface area contributed by atoms with Crippen LogP contribution in [0.3, 0.4) is 0 Å². The van der Waals surface area contributed by atoms with E-state index in [2.05, 4.69) is 5.32 Å². The zero-order valence-electron chi connectivity index (χ0n) is 13.6. The molecule has 0 saturated heterocycles. The zero-order chi connectivity index (χ0) is 18.4. The molecule has 0 aliphatic carbocycles. The van der Waals surface area contributed by atoms with Crippen LogP contribution < -0.4 is 5.32 Å². The third-order valence-electron chi connectivity index (χ3n) is 3.31. The summed E-state index contributed by atoms with van der Waals surface area (Å²) in [5, 5.41) is 13.7. The Morgan fingerprint density at radius 3 is 2.48 bits per heavy atom. The van der Waals surface area contributed by atoms with Crippen molar-refractivity contribution in [1.29, 1.82) is 0 Å². The van der Waals surface area contributed by atoms with Gasteiger partial charge < -0.3 is 10.1 Å². The Morgan fingerprint density at radius 1 is 1.20 bits per heavy atom. The molecule has 1 N–H and O–H groups in total. The van der Waals surface area contributed by atoms with E-state index in [1.54, 1.807) is 42.7 Å². The first-order chi connectivity index (χ1) is 11.9. The maximum Gasteiger partial charge on any atom is 0.345 e. The van der Waals surface area contributed by atoms with Crippen molar-refractivity contribution in [2.75, 3.05) is 11.6 Å². The highest BCUT2D eigenvalue weighted by Crippen LogP contribution is 2.25. The Kier molecular flexibility index (Phi) is 6.13. The molecular formula is C17H16N2O5S. The molecular weight excluding hydrogens is 344 g/mol. The van der Waals surface area contributed by atoms with Crippen molar-refractivity contribution in [3.8, 4) is 0 Å². The Morgan fingerprint density at radius 2 is 1.88 bits per heavy atom. The van der Waals surface area contributed by atoms with E-state index in [-0.39, 0.29) is 11.3 Å². The molecule has 0 aliphatic rings. The highest BCUT2D eigenvalue weighted by molar-refractivity contribution is 7.98. The smallest absolute Gasteiger partial charge is 0.345 e. The minimum absolute atomic E-state index is 0.184. The molecule has 0 spiro atoms. The summed E-state index contributed by atoms with van der Waals surface area (Å²) in [6.07, 6.45) is 0.678. The van der Waals surface area contributed by atoms with E-state index in [9.17, 15) is 19.7 Å². The average Bonchev–Trinajstić information content (AvgIpc) is 2.61. The van der Waals surface area contributed by atoms with Gasteiger partial charge in [0.25, 0.3) is 11.6 Å². The van der Waals surface area contributed by atoms with Crippen molar-refractivity contribution < 1.29 is 19.2 Å². The van der Waals surface area contributed by atoms with Gasteiger partial charge in [0.1, 0.15) is 5.56 Å². The number of amides is 1. The van der Waals surface area contributed by atoms with Crippen molar-refractivity contribution in [2.24, 2.45) is 0 Å². The number of nitro benzene ring substituents is 1. The van der Waals surface area contributed by atoms with Crippen LogP contribution >= 0.6 is 11.8 Å². The van der Waals surface area contributed by atoms with Gasteiger partial charge in [-0.1, -0.05) is 18.2 Å². The van der Waals surface area contributed by atoms with E-state index in [4.69, 9.17) is 4.74 Å². The maximum absolute atomic E-state index is 12.3. The zero-order valence-corrected chi connectivity index (χ0v) is 14.4. The van der Waals surface area contributed by atoms with E-state index >= 15 is 0 Å². The van der Waals surface area contributed by atoms with Crippen LogP contribution in [0.4, 0.5) is 11.4 Å². The lowest BCUT2D eigenvalue weighted by Gasteiger charge is -2.14. The number of hydrogen-bond donors (Lipinski definition) is 1. The standard InChI is InChI=1S/C17H16N2O5S/c1-11(16(20)18-12-6-4-3-5-7-12)24-17(21)14-10-13(25-2)8-9-15(14)19(22)23/h3-11H,1-2H3,(H,18,20). The largest absolute Gasteiger partial charge is 0.449 e. The van der Waals surface area contributed by atoms with Gasteiger partial charge in [-0.05, 0) is 37.4 Å². The van der Waals surface area contributed by atoms with E-state index < -0.39 is 22.9 Å². The summed E-state index contributed by atoms with van der Waals surface area (Å²) in [6, 6.07) is 12.9. The molecule has 0 radical (unpaired) electrons. The molecule has 1 unspecified atom stereocenters. The molecule has 25 heavy (non-hydrogen) atoms. The van der Waals surface area contributed by atoms with Crippen LogP contribution in [0, 0.1) is 10.1 Å². The minimum atomic E-state index is -1.11. The quantitative estimate of drug-likeness (QED) is 0.366. The fourth-order valence-electron chi connectivity index (χ4n) is 2.01. The van der Waals surface area contributed by atoms with Crippen LogP contribution in [0.2, 0.25) is 0 Å². The lowest BCUT2D eigenvalue weighted by atomic mass is 10.2. The number of benzene rings is 2. The van der Waals surface area contributed by atoms with Crippen molar-refractivity contribution in [3.05, 3.63) is 64.2 Å². The van der Waals surface area contributed by atoms with Gasteiger partial charge in [-0.3, -0.25) is 14.9 Å². The number of nitro groups is 1. The summed E-state index contributed by atoms with van der Waals surface area (Å²) in [6.45, 7) is 1.40. The van der Waals surface area contributed by atoms with Crippen LogP contribution in [0.25, 0.3) is 0 Å². The fraction of sp³-hybridized carbons (Fsp3) is 0.176. The highest BCUT2D eigenvalue weighted by atomic mass is 32.2. The number of carbonyl (C=O) groups is 2. The van der Waals surface area contributed by atoms with Crippen molar-refractivity contribution in [2.45, 2.75) is 17.9 Å². The second-order valence-corrected chi connectivity index (χ2v) is 5.92. The van der Waals surface area contributed by atoms with Gasteiger partial charge in [0.2, 0.25) is 0 Å². The molecule has 7 nitrogen and oxygen atoms in total. The van der Waals surface area contributed by atoms with Crippen LogP contribution in [0.1, 0.15) is 17.3 Å². The molecule has 0 aliphatic heterocycles. The van der Waals surface area contributed by atoms with Gasteiger partial charge >= 0.3 is 5.97 Å². The summed E-state index contributed by atoms with van der Waals surface area (Å²) in [5.74, 6) is -1.44. The third kappa shape index (κ3) is 4.80. The Hall–Kier alpha value is -2.87. The van der Waals surface area contributed by atoms with Crippen LogP contribution in [0.5, 0.6) is 0 Å². The molecule has 0 aromatic heterocycles. The SMILES string of the molecule is CSc1ccc([N+](=O)[O-])c(C(=O)OC(C)C(=O)Nc2ccccc2)c1. The molecule has 8 heteroatoms. The van der Waals surface area contributed by atoms with E-state index in [0.29, 0.717) is 10.6 Å². The fourth-order valence-corrected chi connectivity index (χ4v) is 2.45. The maximum atomic E-state index is 12.3. The van der Waals surface area contributed by atoms with Crippen molar-refractivity contribution in [3.63, 3.8) is 0 Å². The van der Waals surface area contributed by atoms with E-state index in [0.717, 1.165) is 0 Å². The number of hydrogen-bond acceptors (Lipinski definition) is 6. The number of nitrogens with one attached hydrogen (secondary N) is 1. The monoisotopic (exact) mass is 360 g/mol. The van der Waals surface area contributed by atoms with Gasteiger partial charge in [0.05, 0.1) is 4.92 Å². The number of carbonyl (C=O) groups excluding carboxylic acids is 2. The number of nitrogens with zero attached hydrogens (tertiary/aromatic N) is 1. The lowest BCUT2D eigenvalue weighted by Crippen LogP contribution is -2.30. The van der Waals surface area contributed by atoms with E-state index in [1.165, 1.54) is 30.8 Å². The van der Waals surface area contributed by atoms with Gasteiger partial charge in [-0.15, -0.1) is 11.8 Å². The number of thioether (sulfide) groups is 1. The number of para-hydroxylation sites is 1. The minimum Gasteiger partial charge on any atom is -0.449 e. The second-order valence-electron chi connectivity index (χ2n) is 5.04. The van der Waals surface area contributed by atoms with Crippen LogP contribution in [-0.4, -0.2) is 29.2 Å². The number of rotatable bonds is 6. The van der Waals surface area contributed by atoms with E-state index in [1.807, 2.05) is 0 Å². The Balaban J connectivity index is 2.13. The molecule has 0 heterocycles. The average molecular weight is 360 g/mol. The van der Waals surface area contributed by atoms with Crippen molar-refractivity contribution >= 4 is 35.0 Å². The first-order valence-electron chi connectivity index (χ1n) is 7.31. The molecule has 2 aromatic carbocycles. The van der Waals surface area contributed by atoms with Crippen molar-refractivity contribution in [1.82, 2.24) is 0 Å². The Labute approximate surface area is 148 Å². The first kappa shape index (κ1) is 18.5. The summed E-state index contributed by atoms with van der Waals surface area (Å²) >= 11 is 1.34. The number of anilines is 1. The second kappa shape index (κ2) is 8.29. The number of ether oxygens (including phenoxy) is 1. The summed E-state index contributed by atoms with van der Waals surface area (Å²) in [4.78, 5) is 35.5. The molecule has 1 atom stereocenters. The molecule has 0 bridgehead atoms. The molecule has 2 aromatic rings. The van der Waals surface area contributed by atoms with Gasteiger partial charge in [-0.2, -0.15) is 0 Å². The molecule has 130 valence electrons. The van der Waals surface area contributed by atoms with Crippen LogP contribution in [0.15, 0.2) is 53.4 Å². The first-order valence-corrected chi connectivity index (χ1v) is 8.54. The molecule has 1 amide bonds. The molecule has 0 saturated carbocycles. The molecule has 0 fully saturated rings. The van der Waals surface area contributed by atoms with Gasteiger partial charge in [0.15, 0.2) is 6.10 Å².